The molecular formula is C13H11O. The van der Waals surface area contributed by atoms with Gasteiger partial charge in [0.25, 0.3) is 0 Å². The lowest BCUT2D eigenvalue weighted by atomic mass is 10.0. The van der Waals surface area contributed by atoms with Crippen LogP contribution in [0.15, 0.2) is 42.5 Å². The van der Waals surface area contributed by atoms with Gasteiger partial charge in [-0.1, -0.05) is 42.5 Å². The number of carbonyl (C=O) groups excluding carboxylic acids is 1. The van der Waals surface area contributed by atoms with Crippen LogP contribution in [0.3, 0.4) is 0 Å². The summed E-state index contributed by atoms with van der Waals surface area (Å²) in [6, 6.07) is 14.4. The van der Waals surface area contributed by atoms with Gasteiger partial charge in [-0.05, 0) is 22.8 Å². The summed E-state index contributed by atoms with van der Waals surface area (Å²) in [7, 11) is 0. The van der Waals surface area contributed by atoms with Crippen LogP contribution in [0.2, 0.25) is 0 Å². The fraction of sp³-hybridized carbons (Fsp3) is 0.154. The number of rotatable bonds is 3. The lowest BCUT2D eigenvalue weighted by molar-refractivity contribution is 0.551. The van der Waals surface area contributed by atoms with Gasteiger partial charge in [0.05, 0.1) is 0 Å². The molecule has 14 heavy (non-hydrogen) atoms. The molecule has 0 bridgehead atoms. The molecule has 0 heterocycles. The minimum Gasteiger partial charge on any atom is -0.291 e. The zero-order valence-corrected chi connectivity index (χ0v) is 7.86. The molecular weight excluding hydrogens is 172 g/mol. The van der Waals surface area contributed by atoms with Gasteiger partial charge in [0.1, 0.15) is 0 Å². The molecule has 0 saturated heterocycles. The van der Waals surface area contributed by atoms with Gasteiger partial charge in [-0.25, -0.2) is 0 Å². The first-order chi connectivity index (χ1) is 6.92. The fourth-order valence-corrected chi connectivity index (χ4v) is 1.70. The summed E-state index contributed by atoms with van der Waals surface area (Å²) >= 11 is 0. The van der Waals surface area contributed by atoms with E-state index in [9.17, 15) is 4.79 Å². The van der Waals surface area contributed by atoms with Gasteiger partial charge >= 0.3 is 0 Å². The van der Waals surface area contributed by atoms with Crippen LogP contribution in [0.1, 0.15) is 12.0 Å². The van der Waals surface area contributed by atoms with Crippen molar-refractivity contribution >= 4 is 17.1 Å². The van der Waals surface area contributed by atoms with Crippen molar-refractivity contribution in [3.05, 3.63) is 48.0 Å². The predicted molar refractivity (Wildman–Crippen MR) is 58.0 cm³/mol. The molecule has 0 spiro atoms. The molecule has 0 N–H and O–H groups in total. The molecule has 69 valence electrons. The molecule has 0 amide bonds. The summed E-state index contributed by atoms with van der Waals surface area (Å²) in [5.41, 5.74) is 1.23. The third-order valence-electron chi connectivity index (χ3n) is 2.38. The van der Waals surface area contributed by atoms with E-state index in [1.54, 1.807) is 0 Å². The van der Waals surface area contributed by atoms with Crippen molar-refractivity contribution < 1.29 is 4.79 Å². The van der Waals surface area contributed by atoms with Crippen molar-refractivity contribution in [3.8, 4) is 0 Å². The molecule has 0 unspecified atom stereocenters. The Balaban J connectivity index is 2.48. The van der Waals surface area contributed by atoms with Crippen molar-refractivity contribution in [1.29, 1.82) is 0 Å². The Labute approximate surface area is 83.4 Å². The number of hydrogen-bond acceptors (Lipinski definition) is 1. The van der Waals surface area contributed by atoms with Crippen LogP contribution in [0.5, 0.6) is 0 Å². The van der Waals surface area contributed by atoms with Crippen LogP contribution >= 0.6 is 0 Å². The van der Waals surface area contributed by atoms with E-state index in [2.05, 4.69) is 24.3 Å². The van der Waals surface area contributed by atoms with Crippen molar-refractivity contribution in [2.75, 3.05) is 0 Å². The summed E-state index contributed by atoms with van der Waals surface area (Å²) in [6.45, 7) is 0. The lowest BCUT2D eigenvalue weighted by Gasteiger charge is -2.03. The molecule has 1 heteroatoms. The number of fused-ring (bicyclic) bond motifs is 1. The molecule has 0 fully saturated rings. The number of hydrogen-bond donors (Lipinski definition) is 0. The quantitative estimate of drug-likeness (QED) is 0.715. The van der Waals surface area contributed by atoms with Crippen molar-refractivity contribution in [2.45, 2.75) is 12.8 Å². The fourth-order valence-electron chi connectivity index (χ4n) is 1.70. The van der Waals surface area contributed by atoms with Crippen LogP contribution in [-0.4, -0.2) is 6.29 Å². The Kier molecular flexibility index (Phi) is 2.59. The Hall–Kier alpha value is -1.63. The van der Waals surface area contributed by atoms with Gasteiger partial charge in [-0.2, -0.15) is 0 Å². The maximum absolute atomic E-state index is 10.2. The van der Waals surface area contributed by atoms with Crippen LogP contribution in [-0.2, 0) is 11.2 Å². The molecule has 2 rings (SSSR count). The maximum atomic E-state index is 10.2. The molecule has 1 radical (unpaired) electrons. The van der Waals surface area contributed by atoms with E-state index < -0.39 is 0 Å². The van der Waals surface area contributed by atoms with Crippen LogP contribution in [0, 0.1) is 0 Å². The summed E-state index contributed by atoms with van der Waals surface area (Å²) in [6.07, 6.45) is 3.19. The SMILES string of the molecule is O=[C]CCc1cccc2ccccc12. The van der Waals surface area contributed by atoms with E-state index >= 15 is 0 Å². The molecule has 0 aliphatic heterocycles. The van der Waals surface area contributed by atoms with Crippen LogP contribution < -0.4 is 0 Å². The van der Waals surface area contributed by atoms with Gasteiger partial charge < -0.3 is 0 Å². The molecule has 2 aromatic carbocycles. The third kappa shape index (κ3) is 1.67. The van der Waals surface area contributed by atoms with Crippen LogP contribution in [0.4, 0.5) is 0 Å². The minimum absolute atomic E-state index is 0.480. The first kappa shape index (κ1) is 8.95. The summed E-state index contributed by atoms with van der Waals surface area (Å²) < 4.78 is 0. The Bertz CT molecular complexity index is 440. The Morgan fingerprint density at radius 1 is 1.00 bits per heavy atom. The molecule has 2 aromatic rings. The van der Waals surface area contributed by atoms with Crippen molar-refractivity contribution in [3.63, 3.8) is 0 Å². The number of benzene rings is 2. The molecule has 0 saturated carbocycles. The lowest BCUT2D eigenvalue weighted by Crippen LogP contribution is -1.87. The second-order valence-corrected chi connectivity index (χ2v) is 3.28. The van der Waals surface area contributed by atoms with E-state index in [0.29, 0.717) is 6.42 Å². The third-order valence-corrected chi connectivity index (χ3v) is 2.38. The first-order valence-corrected chi connectivity index (χ1v) is 4.73. The van der Waals surface area contributed by atoms with E-state index in [0.717, 1.165) is 6.42 Å². The highest BCUT2D eigenvalue weighted by Gasteiger charge is 1.98. The van der Waals surface area contributed by atoms with Crippen molar-refractivity contribution in [1.82, 2.24) is 0 Å². The van der Waals surface area contributed by atoms with Crippen LogP contribution in [0.25, 0.3) is 10.8 Å². The monoisotopic (exact) mass is 183 g/mol. The van der Waals surface area contributed by atoms with Gasteiger partial charge in [0.2, 0.25) is 0 Å². The van der Waals surface area contributed by atoms with Gasteiger partial charge in [0, 0.05) is 6.42 Å². The van der Waals surface area contributed by atoms with E-state index in [4.69, 9.17) is 0 Å². The van der Waals surface area contributed by atoms with Crippen molar-refractivity contribution in [2.24, 2.45) is 0 Å². The molecule has 0 aliphatic rings. The highest BCUT2D eigenvalue weighted by atomic mass is 16.1. The zero-order valence-electron chi connectivity index (χ0n) is 7.86. The van der Waals surface area contributed by atoms with E-state index in [1.165, 1.54) is 16.3 Å². The topological polar surface area (TPSA) is 17.1 Å². The highest BCUT2D eigenvalue weighted by Crippen LogP contribution is 2.19. The highest BCUT2D eigenvalue weighted by molar-refractivity contribution is 5.85. The Morgan fingerprint density at radius 2 is 1.79 bits per heavy atom. The average molecular weight is 183 g/mol. The summed E-state index contributed by atoms with van der Waals surface area (Å²) in [5.74, 6) is 0. The minimum atomic E-state index is 0.480. The largest absolute Gasteiger partial charge is 0.291 e. The standard InChI is InChI=1S/C13H11O/c14-10-4-8-12-7-3-6-11-5-1-2-9-13(11)12/h1-3,5-7,9H,4,8H2. The second kappa shape index (κ2) is 4.05. The average Bonchev–Trinajstić information content (AvgIpc) is 2.26. The molecule has 1 nitrogen and oxygen atoms in total. The predicted octanol–water partition coefficient (Wildman–Crippen LogP) is 2.88. The van der Waals surface area contributed by atoms with E-state index in [1.807, 2.05) is 24.5 Å². The summed E-state index contributed by atoms with van der Waals surface area (Å²) in [5, 5.41) is 2.47. The number of aryl methyl sites for hydroxylation is 1. The Morgan fingerprint density at radius 3 is 2.64 bits per heavy atom. The molecule has 0 aliphatic carbocycles. The molecule has 0 aromatic heterocycles. The van der Waals surface area contributed by atoms with E-state index in [-0.39, 0.29) is 0 Å². The summed E-state index contributed by atoms with van der Waals surface area (Å²) in [4.78, 5) is 10.2. The zero-order chi connectivity index (χ0) is 9.80. The van der Waals surface area contributed by atoms with Gasteiger partial charge in [0.15, 0.2) is 6.29 Å². The normalized spacial score (nSPS) is 10.3. The van der Waals surface area contributed by atoms with Gasteiger partial charge in [-0.15, -0.1) is 0 Å². The second-order valence-electron chi connectivity index (χ2n) is 3.28. The molecule has 0 atom stereocenters. The first-order valence-electron chi connectivity index (χ1n) is 4.73. The van der Waals surface area contributed by atoms with Gasteiger partial charge in [-0.3, -0.25) is 4.79 Å². The smallest absolute Gasteiger partial charge is 0.198 e. The maximum Gasteiger partial charge on any atom is 0.198 e.